The van der Waals surface area contributed by atoms with Crippen LogP contribution in [0.1, 0.15) is 51.4 Å². The number of carboxylic acids is 1. The van der Waals surface area contributed by atoms with Crippen molar-refractivity contribution in [1.29, 1.82) is 0 Å². The van der Waals surface area contributed by atoms with E-state index >= 15 is 0 Å². The van der Waals surface area contributed by atoms with E-state index < -0.39 is 43.3 Å². The monoisotopic (exact) mass is 376 g/mol. The zero-order chi connectivity index (χ0) is 19.4. The summed E-state index contributed by atoms with van der Waals surface area (Å²) < 4.78 is 10.6. The molecule has 152 valence electrons. The van der Waals surface area contributed by atoms with Crippen molar-refractivity contribution in [2.24, 2.45) is 0 Å². The van der Waals surface area contributed by atoms with Gasteiger partial charge >= 0.3 is 5.97 Å². The fraction of sp³-hybridized carbons (Fsp3) is 0.833. The summed E-state index contributed by atoms with van der Waals surface area (Å²) in [6, 6.07) is 0. The maximum absolute atomic E-state index is 10.4. The minimum atomic E-state index is -1.42. The Morgan fingerprint density at radius 2 is 1.58 bits per heavy atom. The second-order valence-corrected chi connectivity index (χ2v) is 6.53. The lowest BCUT2D eigenvalue weighted by atomic mass is 9.99. The highest BCUT2D eigenvalue weighted by Crippen LogP contribution is 2.22. The summed E-state index contributed by atoms with van der Waals surface area (Å²) in [4.78, 5) is 10.4. The third-order valence-electron chi connectivity index (χ3n) is 4.34. The van der Waals surface area contributed by atoms with Gasteiger partial charge in [-0.25, -0.2) is 0 Å². The van der Waals surface area contributed by atoms with Crippen LogP contribution in [0.25, 0.3) is 0 Å². The lowest BCUT2D eigenvalue weighted by Gasteiger charge is -2.39. The summed E-state index contributed by atoms with van der Waals surface area (Å²) in [7, 11) is 0. The molecular formula is C18H32O8. The quantitative estimate of drug-likeness (QED) is 0.232. The molecule has 0 radical (unpaired) electrons. The number of unbranched alkanes of at least 4 members (excludes halogenated alkanes) is 5. The number of aliphatic carboxylic acids is 1. The Morgan fingerprint density at radius 1 is 0.923 bits per heavy atom. The molecule has 5 N–H and O–H groups in total. The molecule has 0 spiro atoms. The van der Waals surface area contributed by atoms with Crippen molar-refractivity contribution in [2.75, 3.05) is 13.2 Å². The summed E-state index contributed by atoms with van der Waals surface area (Å²) in [6.45, 7) is -0.185. The summed E-state index contributed by atoms with van der Waals surface area (Å²) in [5, 5.41) is 46.8. The minimum absolute atomic E-state index is 0.244. The molecule has 1 saturated heterocycles. The molecule has 0 bridgehead atoms. The van der Waals surface area contributed by atoms with Crippen LogP contribution >= 0.6 is 0 Å². The molecule has 0 aliphatic carbocycles. The topological polar surface area (TPSA) is 137 Å². The molecule has 0 aromatic carbocycles. The number of hydrogen-bond acceptors (Lipinski definition) is 7. The average molecular weight is 376 g/mol. The van der Waals surface area contributed by atoms with Crippen molar-refractivity contribution in [1.82, 2.24) is 0 Å². The fourth-order valence-corrected chi connectivity index (χ4v) is 2.76. The van der Waals surface area contributed by atoms with Gasteiger partial charge in [0.05, 0.1) is 13.2 Å². The van der Waals surface area contributed by atoms with Crippen LogP contribution in [0.5, 0.6) is 0 Å². The van der Waals surface area contributed by atoms with Crippen LogP contribution in [0.2, 0.25) is 0 Å². The Labute approximate surface area is 154 Å². The lowest BCUT2D eigenvalue weighted by Crippen LogP contribution is -2.59. The molecule has 5 atom stereocenters. The van der Waals surface area contributed by atoms with E-state index in [0.717, 1.165) is 38.5 Å². The van der Waals surface area contributed by atoms with Crippen LogP contribution in [0.15, 0.2) is 12.2 Å². The number of rotatable bonds is 13. The Bertz CT molecular complexity index is 412. The van der Waals surface area contributed by atoms with Gasteiger partial charge in [-0.3, -0.25) is 4.79 Å². The zero-order valence-corrected chi connectivity index (χ0v) is 15.1. The first kappa shape index (κ1) is 23.0. The normalized spacial score (nSPS) is 29.3. The van der Waals surface area contributed by atoms with Crippen molar-refractivity contribution in [3.05, 3.63) is 12.2 Å². The molecular weight excluding hydrogens is 344 g/mol. The molecule has 1 aliphatic heterocycles. The average Bonchev–Trinajstić information content (AvgIpc) is 2.62. The molecule has 0 aromatic rings. The number of aliphatic hydroxyl groups is 4. The number of hydrogen-bond donors (Lipinski definition) is 5. The van der Waals surface area contributed by atoms with Gasteiger partial charge in [0, 0.05) is 6.42 Å². The van der Waals surface area contributed by atoms with Crippen LogP contribution in [0, 0.1) is 0 Å². The van der Waals surface area contributed by atoms with Crippen molar-refractivity contribution in [3.63, 3.8) is 0 Å². The van der Waals surface area contributed by atoms with Gasteiger partial charge in [0.15, 0.2) is 6.29 Å². The van der Waals surface area contributed by atoms with E-state index in [9.17, 15) is 20.1 Å². The molecule has 0 unspecified atom stereocenters. The summed E-state index contributed by atoms with van der Waals surface area (Å²) in [5.41, 5.74) is 0. The molecule has 8 heteroatoms. The Balaban J connectivity index is 2.05. The number of carbonyl (C=O) groups is 1. The summed E-state index contributed by atoms with van der Waals surface area (Å²) >= 11 is 0. The first-order valence-electron chi connectivity index (χ1n) is 9.26. The van der Waals surface area contributed by atoms with Gasteiger partial charge in [0.2, 0.25) is 0 Å². The molecule has 26 heavy (non-hydrogen) atoms. The molecule has 0 saturated carbocycles. The lowest BCUT2D eigenvalue weighted by molar-refractivity contribution is -0.300. The van der Waals surface area contributed by atoms with E-state index in [-0.39, 0.29) is 13.0 Å². The van der Waals surface area contributed by atoms with Crippen molar-refractivity contribution < 1.29 is 39.8 Å². The number of allylic oxidation sites excluding steroid dienone is 1. The van der Waals surface area contributed by atoms with Crippen molar-refractivity contribution in [3.8, 4) is 0 Å². The van der Waals surface area contributed by atoms with Gasteiger partial charge in [-0.1, -0.05) is 31.4 Å². The fourth-order valence-electron chi connectivity index (χ4n) is 2.76. The van der Waals surface area contributed by atoms with Crippen LogP contribution < -0.4 is 0 Å². The number of aliphatic hydroxyl groups excluding tert-OH is 4. The van der Waals surface area contributed by atoms with Gasteiger partial charge in [-0.05, 0) is 25.7 Å². The Morgan fingerprint density at radius 3 is 2.27 bits per heavy atom. The number of ether oxygens (including phenoxy) is 2. The first-order valence-corrected chi connectivity index (χ1v) is 9.26. The van der Waals surface area contributed by atoms with Crippen LogP contribution in [0.3, 0.4) is 0 Å². The third kappa shape index (κ3) is 8.57. The summed E-state index contributed by atoms with van der Waals surface area (Å²) in [5.74, 6) is -0.737. The van der Waals surface area contributed by atoms with Gasteiger partial charge in [-0.15, -0.1) is 0 Å². The minimum Gasteiger partial charge on any atom is -0.481 e. The van der Waals surface area contributed by atoms with E-state index in [1.807, 2.05) is 12.2 Å². The highest BCUT2D eigenvalue weighted by Gasteiger charge is 2.43. The van der Waals surface area contributed by atoms with Gasteiger partial charge in [0.25, 0.3) is 0 Å². The van der Waals surface area contributed by atoms with Gasteiger partial charge in [-0.2, -0.15) is 0 Å². The SMILES string of the molecule is O=C(O)CCCCCCC/C=C\CCO[C@@H]1O[C@H](CO)[C@@H](O)[C@H](O)[C@H]1O. The van der Waals surface area contributed by atoms with E-state index in [2.05, 4.69) is 0 Å². The Hall–Kier alpha value is -1.03. The molecule has 1 aliphatic rings. The molecule has 0 amide bonds. The summed E-state index contributed by atoms with van der Waals surface area (Å²) in [6.07, 6.45) is 4.49. The van der Waals surface area contributed by atoms with E-state index in [1.165, 1.54) is 0 Å². The van der Waals surface area contributed by atoms with Crippen molar-refractivity contribution >= 4 is 5.97 Å². The molecule has 1 rings (SSSR count). The number of carboxylic acid groups (broad SMARTS) is 1. The molecule has 8 nitrogen and oxygen atoms in total. The van der Waals surface area contributed by atoms with Crippen molar-refractivity contribution in [2.45, 2.75) is 82.1 Å². The first-order chi connectivity index (χ1) is 12.5. The molecule has 0 aromatic heterocycles. The predicted octanol–water partition coefficient (Wildman–Crippen LogP) is 0.564. The van der Waals surface area contributed by atoms with Crippen LogP contribution in [0.4, 0.5) is 0 Å². The van der Waals surface area contributed by atoms with E-state index in [0.29, 0.717) is 6.42 Å². The second-order valence-electron chi connectivity index (χ2n) is 6.53. The third-order valence-corrected chi connectivity index (χ3v) is 4.34. The van der Waals surface area contributed by atoms with E-state index in [1.54, 1.807) is 0 Å². The Kier molecular flexibility index (Phi) is 11.7. The van der Waals surface area contributed by atoms with Gasteiger partial charge < -0.3 is 35.0 Å². The van der Waals surface area contributed by atoms with Crippen LogP contribution in [-0.4, -0.2) is 75.4 Å². The van der Waals surface area contributed by atoms with Gasteiger partial charge in [0.1, 0.15) is 24.4 Å². The largest absolute Gasteiger partial charge is 0.481 e. The maximum Gasteiger partial charge on any atom is 0.303 e. The van der Waals surface area contributed by atoms with E-state index in [4.69, 9.17) is 19.7 Å². The molecule has 1 heterocycles. The second kappa shape index (κ2) is 13.2. The smallest absolute Gasteiger partial charge is 0.303 e. The standard InChI is InChI=1S/C18H32O8/c19-12-13-15(22)16(23)17(24)18(26-13)25-11-9-7-5-3-1-2-4-6-8-10-14(20)21/h5,7,13,15-19,22-24H,1-4,6,8-12H2,(H,20,21)/b7-5-/t13-,15-,16+,17-,18-/m1/s1. The molecule has 1 fully saturated rings. The highest BCUT2D eigenvalue weighted by atomic mass is 16.7. The van der Waals surface area contributed by atoms with Crippen LogP contribution in [-0.2, 0) is 14.3 Å². The predicted molar refractivity (Wildman–Crippen MR) is 93.4 cm³/mol. The highest BCUT2D eigenvalue weighted by molar-refractivity contribution is 5.66. The zero-order valence-electron chi connectivity index (χ0n) is 15.1. The maximum atomic E-state index is 10.4.